The molecule has 2 aromatic rings. The van der Waals surface area contributed by atoms with E-state index in [1.54, 1.807) is 0 Å². The number of aromatic nitrogens is 1. The van der Waals surface area contributed by atoms with Gasteiger partial charge in [-0.2, -0.15) is 0 Å². The minimum atomic E-state index is -5.01. The smallest absolute Gasteiger partial charge is 0.445 e. The molecule has 0 amide bonds. The SMILES string of the molecule is O=c1[nH]ccc2cc([B-](F)(F)F)ccc12.[K+]. The molecule has 0 aliphatic heterocycles. The van der Waals surface area contributed by atoms with E-state index in [4.69, 9.17) is 0 Å². The van der Waals surface area contributed by atoms with Crippen molar-refractivity contribution in [2.24, 2.45) is 0 Å². The summed E-state index contributed by atoms with van der Waals surface area (Å²) in [7, 11) is 0. The molecule has 7 heteroatoms. The molecule has 0 atom stereocenters. The van der Waals surface area contributed by atoms with Gasteiger partial charge in [0.25, 0.3) is 5.56 Å². The van der Waals surface area contributed by atoms with Crippen LogP contribution < -0.4 is 62.4 Å². The first-order valence-electron chi connectivity index (χ1n) is 4.30. The Bertz CT molecular complexity index is 566. The van der Waals surface area contributed by atoms with Crippen LogP contribution in [0.4, 0.5) is 12.9 Å². The van der Waals surface area contributed by atoms with E-state index < -0.39 is 12.4 Å². The predicted molar refractivity (Wildman–Crippen MR) is 53.3 cm³/mol. The molecule has 0 saturated heterocycles. The Kier molecular flexibility index (Phi) is 4.42. The first-order valence-corrected chi connectivity index (χ1v) is 4.30. The monoisotopic (exact) mass is 251 g/mol. The Balaban J connectivity index is 0.00000128. The number of H-pyrrole nitrogens is 1. The van der Waals surface area contributed by atoms with Crippen LogP contribution in [0, 0.1) is 0 Å². The van der Waals surface area contributed by atoms with Crippen LogP contribution in [0.1, 0.15) is 0 Å². The van der Waals surface area contributed by atoms with E-state index in [1.165, 1.54) is 18.3 Å². The summed E-state index contributed by atoms with van der Waals surface area (Å²) in [5.74, 6) is 0. The van der Waals surface area contributed by atoms with Crippen LogP contribution in [0.15, 0.2) is 35.3 Å². The van der Waals surface area contributed by atoms with E-state index in [9.17, 15) is 17.7 Å². The summed E-state index contributed by atoms with van der Waals surface area (Å²) >= 11 is 0. The summed E-state index contributed by atoms with van der Waals surface area (Å²) < 4.78 is 37.2. The third kappa shape index (κ3) is 2.78. The van der Waals surface area contributed by atoms with Gasteiger partial charge < -0.3 is 17.9 Å². The van der Waals surface area contributed by atoms with Gasteiger partial charge in [-0.3, -0.25) is 4.79 Å². The number of benzene rings is 1. The van der Waals surface area contributed by atoms with Crippen LogP contribution in [-0.4, -0.2) is 12.0 Å². The molecule has 0 spiro atoms. The second kappa shape index (κ2) is 5.05. The maximum absolute atomic E-state index is 12.4. The van der Waals surface area contributed by atoms with Gasteiger partial charge in [0, 0.05) is 11.6 Å². The Morgan fingerprint density at radius 2 is 1.81 bits per heavy atom. The number of pyridine rings is 1. The predicted octanol–water partition coefficient (Wildman–Crippen LogP) is -1.41. The molecule has 1 aromatic carbocycles. The van der Waals surface area contributed by atoms with Crippen molar-refractivity contribution < 1.29 is 64.3 Å². The molecule has 0 fully saturated rings. The molecule has 0 aliphatic carbocycles. The molecular weight excluding hydrogens is 245 g/mol. The fourth-order valence-electron chi connectivity index (χ4n) is 1.41. The maximum atomic E-state index is 12.4. The first-order chi connectivity index (χ1) is 6.98. The number of nitrogens with one attached hydrogen (secondary N) is 1. The van der Waals surface area contributed by atoms with Crippen molar-refractivity contribution in [1.29, 1.82) is 0 Å². The summed E-state index contributed by atoms with van der Waals surface area (Å²) in [6.45, 7) is -5.01. The van der Waals surface area contributed by atoms with Gasteiger partial charge in [0.1, 0.15) is 0 Å². The van der Waals surface area contributed by atoms with Gasteiger partial charge in [-0.15, -0.1) is 5.46 Å². The van der Waals surface area contributed by atoms with Crippen LogP contribution in [0.5, 0.6) is 0 Å². The van der Waals surface area contributed by atoms with Crippen molar-refractivity contribution in [3.8, 4) is 0 Å². The fourth-order valence-corrected chi connectivity index (χ4v) is 1.41. The number of hydrogen-bond donors (Lipinski definition) is 1. The minimum absolute atomic E-state index is 0. The standard InChI is InChI=1S/C9H6BF3NO.K/c11-10(12,13)7-1-2-8-6(5-7)3-4-14-9(8)15;/h1-5H,(H,14,15);/q-1;+1. The molecular formula is C9H6BF3KNO. The van der Waals surface area contributed by atoms with E-state index in [0.717, 1.165) is 12.1 Å². The molecule has 0 unspecified atom stereocenters. The van der Waals surface area contributed by atoms with Gasteiger partial charge in [-0.1, -0.05) is 18.2 Å². The Morgan fingerprint density at radius 1 is 1.12 bits per heavy atom. The van der Waals surface area contributed by atoms with Crippen LogP contribution in [0.3, 0.4) is 0 Å². The molecule has 0 saturated carbocycles. The van der Waals surface area contributed by atoms with Crippen LogP contribution in [-0.2, 0) is 0 Å². The number of rotatable bonds is 1. The fraction of sp³-hybridized carbons (Fsp3) is 0. The Hall–Kier alpha value is -0.0787. The van der Waals surface area contributed by atoms with Crippen molar-refractivity contribution in [3.63, 3.8) is 0 Å². The van der Waals surface area contributed by atoms with Crippen molar-refractivity contribution >= 4 is 23.2 Å². The van der Waals surface area contributed by atoms with Gasteiger partial charge >= 0.3 is 58.4 Å². The topological polar surface area (TPSA) is 32.9 Å². The van der Waals surface area contributed by atoms with Crippen LogP contribution >= 0.6 is 0 Å². The average molecular weight is 251 g/mol. The van der Waals surface area contributed by atoms with Gasteiger partial charge in [-0.05, 0) is 11.5 Å². The summed E-state index contributed by atoms with van der Waals surface area (Å²) in [6, 6.07) is 4.56. The average Bonchev–Trinajstić information content (AvgIpc) is 2.16. The quantitative estimate of drug-likeness (QED) is 0.620. The van der Waals surface area contributed by atoms with Crippen LogP contribution in [0.25, 0.3) is 10.8 Å². The molecule has 1 N–H and O–H groups in total. The number of hydrogen-bond acceptors (Lipinski definition) is 1. The Labute approximate surface area is 132 Å². The van der Waals surface area contributed by atoms with Crippen LogP contribution in [0.2, 0.25) is 0 Å². The summed E-state index contributed by atoms with van der Waals surface area (Å²) in [5.41, 5.74) is -1.07. The summed E-state index contributed by atoms with van der Waals surface area (Å²) in [5, 5.41) is 0.566. The van der Waals surface area contributed by atoms with Gasteiger partial charge in [0.2, 0.25) is 0 Å². The summed E-state index contributed by atoms with van der Waals surface area (Å²) in [4.78, 5) is 13.6. The Morgan fingerprint density at radius 3 is 2.44 bits per heavy atom. The molecule has 0 radical (unpaired) electrons. The van der Waals surface area contributed by atoms with Gasteiger partial charge in [-0.25, -0.2) is 0 Å². The second-order valence-corrected chi connectivity index (χ2v) is 3.23. The zero-order chi connectivity index (χ0) is 11.1. The van der Waals surface area contributed by atoms with Gasteiger partial charge in [0.05, 0.1) is 0 Å². The van der Waals surface area contributed by atoms with E-state index in [1.807, 2.05) is 0 Å². The zero-order valence-electron chi connectivity index (χ0n) is 8.51. The van der Waals surface area contributed by atoms with Gasteiger partial charge in [0.15, 0.2) is 0 Å². The first kappa shape index (κ1) is 14.0. The third-order valence-electron chi connectivity index (χ3n) is 2.18. The maximum Gasteiger partial charge on any atom is 1.00 e. The summed E-state index contributed by atoms with van der Waals surface area (Å²) in [6.07, 6.45) is 1.33. The molecule has 1 aromatic heterocycles. The normalized spacial score (nSPS) is 11.2. The molecule has 0 bridgehead atoms. The molecule has 2 nitrogen and oxygen atoms in total. The largest absolute Gasteiger partial charge is 1.00 e. The van der Waals surface area contributed by atoms with E-state index in [-0.39, 0.29) is 62.3 Å². The second-order valence-electron chi connectivity index (χ2n) is 3.23. The molecule has 16 heavy (non-hydrogen) atoms. The van der Waals surface area contributed by atoms with E-state index in [2.05, 4.69) is 4.98 Å². The number of fused-ring (bicyclic) bond motifs is 1. The molecule has 78 valence electrons. The van der Waals surface area contributed by atoms with Crippen molar-refractivity contribution in [2.45, 2.75) is 0 Å². The zero-order valence-corrected chi connectivity index (χ0v) is 11.6. The minimum Gasteiger partial charge on any atom is -0.445 e. The van der Waals surface area contributed by atoms with Crippen molar-refractivity contribution in [2.75, 3.05) is 0 Å². The molecule has 1 heterocycles. The third-order valence-corrected chi connectivity index (χ3v) is 2.18. The number of aromatic amines is 1. The molecule has 0 aliphatic rings. The van der Waals surface area contributed by atoms with Crippen molar-refractivity contribution in [3.05, 3.63) is 40.8 Å². The van der Waals surface area contributed by atoms with Crippen molar-refractivity contribution in [1.82, 2.24) is 4.98 Å². The molecule has 2 rings (SSSR count). The number of halogens is 3. The van der Waals surface area contributed by atoms with E-state index >= 15 is 0 Å². The van der Waals surface area contributed by atoms with E-state index in [0.29, 0.717) is 5.39 Å².